The van der Waals surface area contributed by atoms with Crippen molar-refractivity contribution in [2.24, 2.45) is 28.4 Å². The van der Waals surface area contributed by atoms with Crippen molar-refractivity contribution in [3.05, 3.63) is 35.9 Å². The highest BCUT2D eigenvalue weighted by atomic mass is 16.2. The maximum absolute atomic E-state index is 13.9. The highest BCUT2D eigenvalue weighted by molar-refractivity contribution is 5.84. The van der Waals surface area contributed by atoms with Crippen LogP contribution < -0.4 is 11.1 Å². The molecule has 5 fully saturated rings. The minimum absolute atomic E-state index is 0.144. The van der Waals surface area contributed by atoms with Crippen LogP contribution in [0.2, 0.25) is 0 Å². The molecule has 164 valence electrons. The molecule has 5 saturated carbocycles. The smallest absolute Gasteiger partial charge is 0.226 e. The van der Waals surface area contributed by atoms with Crippen LogP contribution in [0.5, 0.6) is 0 Å². The topological polar surface area (TPSA) is 55.1 Å². The van der Waals surface area contributed by atoms with Crippen molar-refractivity contribution in [2.75, 3.05) is 6.54 Å². The van der Waals surface area contributed by atoms with E-state index in [9.17, 15) is 4.79 Å². The molecule has 1 amide bonds. The molecule has 5 aliphatic carbocycles. The SMILES string of the molecule is CCC[C@]12CC3CC(C(=O)N[C@H]4CC[C@H](CN)CC4)(C1)C[C@@](c1ccccc1)(C3)C2. The van der Waals surface area contributed by atoms with Gasteiger partial charge in [0.2, 0.25) is 5.91 Å². The first-order chi connectivity index (χ1) is 14.5. The highest BCUT2D eigenvalue weighted by Crippen LogP contribution is 2.71. The van der Waals surface area contributed by atoms with Gasteiger partial charge in [-0.05, 0) is 105 Å². The average Bonchev–Trinajstić information content (AvgIpc) is 2.74. The van der Waals surface area contributed by atoms with Gasteiger partial charge in [-0.1, -0.05) is 43.7 Å². The number of nitrogens with one attached hydrogen (secondary N) is 1. The van der Waals surface area contributed by atoms with Crippen LogP contribution in [-0.2, 0) is 10.2 Å². The number of rotatable bonds is 6. The lowest BCUT2D eigenvalue weighted by Gasteiger charge is -2.66. The molecule has 0 aromatic heterocycles. The molecule has 4 bridgehead atoms. The Morgan fingerprint density at radius 1 is 1.03 bits per heavy atom. The lowest BCUT2D eigenvalue weighted by atomic mass is 9.37. The van der Waals surface area contributed by atoms with E-state index in [2.05, 4.69) is 42.6 Å². The summed E-state index contributed by atoms with van der Waals surface area (Å²) in [5.41, 5.74) is 7.82. The summed E-state index contributed by atoms with van der Waals surface area (Å²) in [6.07, 6.45) is 14.3. The Labute approximate surface area is 182 Å². The molecular weight excluding hydrogens is 368 g/mol. The van der Waals surface area contributed by atoms with Gasteiger partial charge in [0.05, 0.1) is 5.41 Å². The Hall–Kier alpha value is -1.35. The summed E-state index contributed by atoms with van der Waals surface area (Å²) in [5.74, 6) is 1.77. The minimum Gasteiger partial charge on any atom is -0.353 e. The van der Waals surface area contributed by atoms with Gasteiger partial charge in [-0.15, -0.1) is 0 Å². The number of nitrogens with two attached hydrogens (primary N) is 1. The van der Waals surface area contributed by atoms with Crippen LogP contribution in [0.25, 0.3) is 0 Å². The Bertz CT molecular complexity index is 770. The Morgan fingerprint density at radius 3 is 2.50 bits per heavy atom. The van der Waals surface area contributed by atoms with Gasteiger partial charge in [-0.25, -0.2) is 0 Å². The van der Waals surface area contributed by atoms with Crippen LogP contribution in [0.3, 0.4) is 0 Å². The van der Waals surface area contributed by atoms with Crippen molar-refractivity contribution < 1.29 is 4.79 Å². The van der Waals surface area contributed by atoms with E-state index in [0.29, 0.717) is 29.2 Å². The molecule has 0 radical (unpaired) electrons. The zero-order valence-corrected chi connectivity index (χ0v) is 18.8. The third-order valence-corrected chi connectivity index (χ3v) is 9.35. The van der Waals surface area contributed by atoms with Crippen LogP contribution in [0.4, 0.5) is 0 Å². The van der Waals surface area contributed by atoms with E-state index in [1.54, 1.807) is 0 Å². The summed E-state index contributed by atoms with van der Waals surface area (Å²) in [5, 5.41) is 3.57. The molecule has 1 aromatic carbocycles. The quantitative estimate of drug-likeness (QED) is 0.668. The van der Waals surface area contributed by atoms with Gasteiger partial charge in [-0.2, -0.15) is 0 Å². The number of carbonyl (C=O) groups excluding carboxylic acids is 1. The van der Waals surface area contributed by atoms with Gasteiger partial charge in [0, 0.05) is 6.04 Å². The number of hydrogen-bond acceptors (Lipinski definition) is 2. The van der Waals surface area contributed by atoms with Crippen molar-refractivity contribution in [1.82, 2.24) is 5.32 Å². The van der Waals surface area contributed by atoms with Crippen LogP contribution in [0.15, 0.2) is 30.3 Å². The average molecular weight is 409 g/mol. The zero-order chi connectivity index (χ0) is 20.8. The maximum atomic E-state index is 13.9. The summed E-state index contributed by atoms with van der Waals surface area (Å²) in [7, 11) is 0. The predicted octanol–water partition coefficient (Wildman–Crippen LogP) is 5.33. The summed E-state index contributed by atoms with van der Waals surface area (Å²) in [4.78, 5) is 13.9. The molecule has 0 heterocycles. The van der Waals surface area contributed by atoms with Crippen molar-refractivity contribution in [2.45, 2.75) is 95.4 Å². The third kappa shape index (κ3) is 3.42. The van der Waals surface area contributed by atoms with E-state index in [4.69, 9.17) is 5.73 Å². The molecule has 1 aromatic rings. The van der Waals surface area contributed by atoms with Crippen LogP contribution >= 0.6 is 0 Å². The lowest BCUT2D eigenvalue weighted by Crippen LogP contribution is -2.63. The van der Waals surface area contributed by atoms with Gasteiger partial charge in [0.25, 0.3) is 0 Å². The highest BCUT2D eigenvalue weighted by Gasteiger charge is 2.65. The summed E-state index contributed by atoms with van der Waals surface area (Å²) >= 11 is 0. The largest absolute Gasteiger partial charge is 0.353 e. The molecule has 3 heteroatoms. The fraction of sp³-hybridized carbons (Fsp3) is 0.741. The van der Waals surface area contributed by atoms with E-state index < -0.39 is 0 Å². The number of hydrogen-bond donors (Lipinski definition) is 2. The second-order valence-corrected chi connectivity index (χ2v) is 11.6. The van der Waals surface area contributed by atoms with Crippen molar-refractivity contribution in [3.63, 3.8) is 0 Å². The molecule has 0 saturated heterocycles. The maximum Gasteiger partial charge on any atom is 0.226 e. The van der Waals surface area contributed by atoms with Crippen LogP contribution in [0.1, 0.15) is 89.5 Å². The number of benzene rings is 1. The van der Waals surface area contributed by atoms with E-state index in [1.165, 1.54) is 50.5 Å². The molecule has 2 unspecified atom stereocenters. The Morgan fingerprint density at radius 2 is 1.80 bits per heavy atom. The fourth-order valence-corrected chi connectivity index (χ4v) is 8.70. The molecule has 3 N–H and O–H groups in total. The van der Waals surface area contributed by atoms with Gasteiger partial charge < -0.3 is 11.1 Å². The minimum atomic E-state index is -0.144. The second-order valence-electron chi connectivity index (χ2n) is 11.6. The first-order valence-electron chi connectivity index (χ1n) is 12.6. The Balaban J connectivity index is 1.42. The fourth-order valence-electron chi connectivity index (χ4n) is 8.70. The van der Waals surface area contributed by atoms with Crippen LogP contribution in [-0.4, -0.2) is 18.5 Å². The van der Waals surface area contributed by atoms with Crippen molar-refractivity contribution >= 4 is 5.91 Å². The van der Waals surface area contributed by atoms with E-state index in [0.717, 1.165) is 38.6 Å². The monoisotopic (exact) mass is 408 g/mol. The molecule has 5 aliphatic rings. The van der Waals surface area contributed by atoms with Gasteiger partial charge in [0.1, 0.15) is 0 Å². The van der Waals surface area contributed by atoms with E-state index in [1.807, 2.05) is 0 Å². The van der Waals surface area contributed by atoms with Crippen molar-refractivity contribution in [3.8, 4) is 0 Å². The zero-order valence-electron chi connectivity index (χ0n) is 18.8. The Kier molecular flexibility index (Phi) is 5.24. The molecular formula is C27H40N2O. The lowest BCUT2D eigenvalue weighted by molar-refractivity contribution is -0.164. The van der Waals surface area contributed by atoms with Gasteiger partial charge >= 0.3 is 0 Å². The summed E-state index contributed by atoms with van der Waals surface area (Å²) in [6, 6.07) is 11.6. The molecule has 0 spiro atoms. The molecule has 3 nitrogen and oxygen atoms in total. The molecule has 30 heavy (non-hydrogen) atoms. The van der Waals surface area contributed by atoms with Crippen LogP contribution in [0, 0.1) is 22.7 Å². The van der Waals surface area contributed by atoms with E-state index in [-0.39, 0.29) is 10.8 Å². The molecule has 6 rings (SSSR count). The first kappa shape index (κ1) is 20.5. The summed E-state index contributed by atoms with van der Waals surface area (Å²) < 4.78 is 0. The van der Waals surface area contributed by atoms with Gasteiger partial charge in [-0.3, -0.25) is 4.79 Å². The molecule has 4 atom stereocenters. The first-order valence-corrected chi connectivity index (χ1v) is 12.6. The third-order valence-electron chi connectivity index (χ3n) is 9.35. The predicted molar refractivity (Wildman–Crippen MR) is 122 cm³/mol. The molecule has 0 aliphatic heterocycles. The number of amides is 1. The number of carbonyl (C=O) groups is 1. The standard InChI is InChI=1S/C27H40N2O/c1-2-12-25-13-21-14-26(17-25,22-6-4-3-5-7-22)19-27(15-21,18-25)24(30)29-23-10-8-20(16-28)9-11-23/h3-7,20-21,23H,2,8-19,28H2,1H3,(H,29,30)/t20-,21?,23-,25-,26-,27?/m1/s1. The van der Waals surface area contributed by atoms with Crippen molar-refractivity contribution in [1.29, 1.82) is 0 Å². The second kappa shape index (κ2) is 7.65. The van der Waals surface area contributed by atoms with Gasteiger partial charge in [0.15, 0.2) is 0 Å². The van der Waals surface area contributed by atoms with E-state index >= 15 is 0 Å². The normalized spacial score (nSPS) is 42.3. The summed E-state index contributed by atoms with van der Waals surface area (Å²) in [6.45, 7) is 3.13.